The van der Waals surface area contributed by atoms with E-state index in [9.17, 15) is 9.59 Å². The minimum atomic E-state index is -0.159. The van der Waals surface area contributed by atoms with E-state index >= 15 is 0 Å². The summed E-state index contributed by atoms with van der Waals surface area (Å²) in [6.07, 6.45) is 0.128. The number of hydrogen-bond acceptors (Lipinski definition) is 4. The summed E-state index contributed by atoms with van der Waals surface area (Å²) in [7, 11) is 3.70. The van der Waals surface area contributed by atoms with Crippen LogP contribution >= 0.6 is 0 Å². The molecule has 2 aromatic carbocycles. The zero-order valence-corrected chi connectivity index (χ0v) is 17.5. The molecule has 0 fully saturated rings. The second-order valence-electron chi connectivity index (χ2n) is 7.65. The maximum absolute atomic E-state index is 12.6. The quantitative estimate of drug-likeness (QED) is 0.671. The number of rotatable bonds is 7. The van der Waals surface area contributed by atoms with Crippen molar-refractivity contribution >= 4 is 16.7 Å². The number of nitrogens with one attached hydrogen (secondary N) is 1. The SMILES string of the molecule is CC(C)N(C)Cc1ccccc1CNC(=O)Cc1nn(C)c(=O)c2ccccc12. The van der Waals surface area contributed by atoms with Crippen LogP contribution < -0.4 is 10.9 Å². The second-order valence-corrected chi connectivity index (χ2v) is 7.65. The molecule has 1 heterocycles. The molecule has 1 N–H and O–H groups in total. The Balaban J connectivity index is 1.73. The molecule has 29 heavy (non-hydrogen) atoms. The van der Waals surface area contributed by atoms with Crippen molar-refractivity contribution in [3.05, 3.63) is 75.7 Å². The van der Waals surface area contributed by atoms with E-state index in [0.29, 0.717) is 23.7 Å². The number of aromatic nitrogens is 2. The van der Waals surface area contributed by atoms with E-state index in [0.717, 1.165) is 17.5 Å². The summed E-state index contributed by atoms with van der Waals surface area (Å²) in [5, 5.41) is 8.62. The summed E-state index contributed by atoms with van der Waals surface area (Å²) in [5.41, 5.74) is 2.75. The normalized spacial score (nSPS) is 11.4. The van der Waals surface area contributed by atoms with E-state index in [-0.39, 0.29) is 17.9 Å². The summed E-state index contributed by atoms with van der Waals surface area (Å²) < 4.78 is 1.29. The van der Waals surface area contributed by atoms with Crippen molar-refractivity contribution in [1.29, 1.82) is 0 Å². The van der Waals surface area contributed by atoms with Gasteiger partial charge in [0, 0.05) is 31.6 Å². The third-order valence-electron chi connectivity index (χ3n) is 5.26. The van der Waals surface area contributed by atoms with Gasteiger partial charge in [0.05, 0.1) is 17.5 Å². The molecule has 6 heteroatoms. The van der Waals surface area contributed by atoms with Crippen molar-refractivity contribution in [2.45, 2.75) is 39.4 Å². The van der Waals surface area contributed by atoms with E-state index in [4.69, 9.17) is 0 Å². The van der Waals surface area contributed by atoms with Crippen LogP contribution in [0.1, 0.15) is 30.7 Å². The molecule has 0 saturated heterocycles. The first-order valence-electron chi connectivity index (χ1n) is 9.85. The molecular formula is C23H28N4O2. The highest BCUT2D eigenvalue weighted by Gasteiger charge is 2.13. The number of carbonyl (C=O) groups is 1. The fraction of sp³-hybridized carbons (Fsp3) is 0.348. The molecule has 3 rings (SSSR count). The van der Waals surface area contributed by atoms with E-state index in [1.54, 1.807) is 13.1 Å². The smallest absolute Gasteiger partial charge is 0.274 e. The van der Waals surface area contributed by atoms with Crippen LogP contribution in [0.25, 0.3) is 10.8 Å². The number of aryl methyl sites for hydroxylation is 1. The summed E-state index contributed by atoms with van der Waals surface area (Å²) in [4.78, 5) is 27.1. The number of amides is 1. The molecular weight excluding hydrogens is 364 g/mol. The van der Waals surface area contributed by atoms with Crippen LogP contribution in [0.5, 0.6) is 0 Å². The molecule has 0 aliphatic carbocycles. The van der Waals surface area contributed by atoms with E-state index in [1.165, 1.54) is 10.2 Å². The number of benzene rings is 2. The van der Waals surface area contributed by atoms with Gasteiger partial charge in [0.1, 0.15) is 0 Å². The largest absolute Gasteiger partial charge is 0.352 e. The van der Waals surface area contributed by atoms with Gasteiger partial charge in [0.25, 0.3) is 5.56 Å². The Hall–Kier alpha value is -2.99. The van der Waals surface area contributed by atoms with E-state index < -0.39 is 0 Å². The first-order valence-corrected chi connectivity index (χ1v) is 9.85. The lowest BCUT2D eigenvalue weighted by Crippen LogP contribution is -2.29. The van der Waals surface area contributed by atoms with Crippen molar-refractivity contribution in [3.63, 3.8) is 0 Å². The third kappa shape index (κ3) is 4.90. The van der Waals surface area contributed by atoms with E-state index in [1.807, 2.05) is 36.4 Å². The van der Waals surface area contributed by atoms with Crippen molar-refractivity contribution in [3.8, 4) is 0 Å². The van der Waals surface area contributed by atoms with Gasteiger partial charge in [0.2, 0.25) is 5.91 Å². The second kappa shape index (κ2) is 9.01. The Morgan fingerprint density at radius 2 is 1.69 bits per heavy atom. The monoisotopic (exact) mass is 392 g/mol. The number of nitrogens with zero attached hydrogens (tertiary/aromatic N) is 3. The molecule has 0 bridgehead atoms. The standard InChI is InChI=1S/C23H28N4O2/c1-16(2)26(3)15-18-10-6-5-9-17(18)14-24-22(28)13-21-19-11-7-8-12-20(19)23(29)27(4)25-21/h5-12,16H,13-15H2,1-4H3,(H,24,28). The van der Waals surface area contributed by atoms with Crippen LogP contribution in [-0.4, -0.2) is 33.7 Å². The summed E-state index contributed by atoms with van der Waals surface area (Å²) >= 11 is 0. The molecule has 0 radical (unpaired) electrons. The Labute approximate surface area is 171 Å². The average molecular weight is 393 g/mol. The molecule has 0 unspecified atom stereocenters. The minimum Gasteiger partial charge on any atom is -0.352 e. The van der Waals surface area contributed by atoms with Crippen LogP contribution in [0.2, 0.25) is 0 Å². The maximum Gasteiger partial charge on any atom is 0.274 e. The van der Waals surface area contributed by atoms with Crippen LogP contribution in [0.3, 0.4) is 0 Å². The molecule has 3 aromatic rings. The van der Waals surface area contributed by atoms with Gasteiger partial charge in [-0.1, -0.05) is 42.5 Å². The molecule has 0 aliphatic heterocycles. The third-order valence-corrected chi connectivity index (χ3v) is 5.26. The molecule has 6 nitrogen and oxygen atoms in total. The Morgan fingerprint density at radius 3 is 2.38 bits per heavy atom. The maximum atomic E-state index is 12.6. The predicted molar refractivity (Wildman–Crippen MR) is 116 cm³/mol. The Morgan fingerprint density at radius 1 is 1.07 bits per heavy atom. The van der Waals surface area contributed by atoms with Gasteiger partial charge < -0.3 is 5.32 Å². The van der Waals surface area contributed by atoms with Crippen LogP contribution in [0.15, 0.2) is 53.3 Å². The van der Waals surface area contributed by atoms with Gasteiger partial charge in [-0.05, 0) is 38.1 Å². The van der Waals surface area contributed by atoms with Crippen molar-refractivity contribution < 1.29 is 4.79 Å². The number of carbonyl (C=O) groups excluding carboxylic acids is 1. The van der Waals surface area contributed by atoms with Gasteiger partial charge in [0.15, 0.2) is 0 Å². The van der Waals surface area contributed by atoms with E-state index in [2.05, 4.69) is 42.3 Å². The van der Waals surface area contributed by atoms with Crippen LogP contribution in [0, 0.1) is 0 Å². The van der Waals surface area contributed by atoms with Crippen molar-refractivity contribution in [1.82, 2.24) is 20.0 Å². The van der Waals surface area contributed by atoms with Crippen molar-refractivity contribution in [2.24, 2.45) is 7.05 Å². The summed E-state index contributed by atoms with van der Waals surface area (Å²) in [6, 6.07) is 15.9. The van der Waals surface area contributed by atoms with Gasteiger partial charge in [-0.25, -0.2) is 4.68 Å². The molecule has 0 spiro atoms. The first kappa shape index (κ1) is 20.7. The minimum absolute atomic E-state index is 0.117. The fourth-order valence-electron chi connectivity index (χ4n) is 3.25. The first-order chi connectivity index (χ1) is 13.9. The molecule has 0 atom stereocenters. The molecule has 1 amide bonds. The van der Waals surface area contributed by atoms with Gasteiger partial charge in [-0.3, -0.25) is 14.5 Å². The zero-order valence-electron chi connectivity index (χ0n) is 17.5. The Bertz CT molecular complexity index is 1070. The molecule has 152 valence electrons. The molecule has 0 saturated carbocycles. The number of fused-ring (bicyclic) bond motifs is 1. The zero-order chi connectivity index (χ0) is 21.0. The topological polar surface area (TPSA) is 67.2 Å². The molecule has 1 aromatic heterocycles. The number of hydrogen-bond donors (Lipinski definition) is 1. The average Bonchev–Trinajstić information content (AvgIpc) is 2.71. The summed E-state index contributed by atoms with van der Waals surface area (Å²) in [5.74, 6) is -0.117. The van der Waals surface area contributed by atoms with Crippen molar-refractivity contribution in [2.75, 3.05) is 7.05 Å². The predicted octanol–water partition coefficient (Wildman–Crippen LogP) is 2.63. The highest BCUT2D eigenvalue weighted by atomic mass is 16.1. The van der Waals surface area contributed by atoms with Gasteiger partial charge in [-0.2, -0.15) is 5.10 Å². The van der Waals surface area contributed by atoms with Crippen LogP contribution in [0.4, 0.5) is 0 Å². The lowest BCUT2D eigenvalue weighted by Gasteiger charge is -2.22. The highest BCUT2D eigenvalue weighted by molar-refractivity contribution is 5.88. The van der Waals surface area contributed by atoms with Gasteiger partial charge >= 0.3 is 0 Å². The highest BCUT2D eigenvalue weighted by Crippen LogP contribution is 2.15. The van der Waals surface area contributed by atoms with Crippen LogP contribution in [-0.2, 0) is 31.4 Å². The fourth-order valence-corrected chi connectivity index (χ4v) is 3.25. The summed E-state index contributed by atoms with van der Waals surface area (Å²) in [6.45, 7) is 5.62. The lowest BCUT2D eigenvalue weighted by atomic mass is 10.1. The Kier molecular flexibility index (Phi) is 6.44. The van der Waals surface area contributed by atoms with Gasteiger partial charge in [-0.15, -0.1) is 0 Å². The molecule has 0 aliphatic rings. The lowest BCUT2D eigenvalue weighted by molar-refractivity contribution is -0.120.